The smallest absolute Gasteiger partial charge is 0.376 e. The first-order valence-electron chi connectivity index (χ1n) is 7.99. The van der Waals surface area contributed by atoms with Crippen molar-refractivity contribution in [3.63, 3.8) is 0 Å². The SMILES string of the molecule is Cc1ccccc1N1B2OCCCCN2c2ccc[n+](C)c21. The molecule has 1 saturated heterocycles. The van der Waals surface area contributed by atoms with Gasteiger partial charge in [-0.15, -0.1) is 0 Å². The predicted molar refractivity (Wildman–Crippen MR) is 89.2 cm³/mol. The van der Waals surface area contributed by atoms with Crippen LogP contribution >= 0.6 is 0 Å². The highest BCUT2D eigenvalue weighted by molar-refractivity contribution is 6.65. The second-order valence-corrected chi connectivity index (χ2v) is 6.08. The van der Waals surface area contributed by atoms with E-state index in [9.17, 15) is 0 Å². The molecule has 4 rings (SSSR count). The van der Waals surface area contributed by atoms with E-state index in [2.05, 4.69) is 70.8 Å². The summed E-state index contributed by atoms with van der Waals surface area (Å²) in [5.74, 6) is 1.21. The molecule has 0 atom stereocenters. The van der Waals surface area contributed by atoms with Crippen molar-refractivity contribution in [3.05, 3.63) is 48.2 Å². The summed E-state index contributed by atoms with van der Waals surface area (Å²) >= 11 is 0. The Morgan fingerprint density at radius 3 is 2.77 bits per heavy atom. The van der Waals surface area contributed by atoms with Gasteiger partial charge in [-0.1, -0.05) is 18.2 Å². The van der Waals surface area contributed by atoms with Gasteiger partial charge in [0.1, 0.15) is 11.4 Å². The van der Waals surface area contributed by atoms with Crippen LogP contribution in [0.2, 0.25) is 0 Å². The standard InChI is InChI=1S/C17H21BN3O/c1-14-8-3-4-9-15(14)21-17-16(10-7-11-19(17)2)20-12-5-6-13-22-18(20)21/h3-4,7-11H,5-6,12-13H2,1-2H3/q+1. The van der Waals surface area contributed by atoms with Crippen molar-refractivity contribution in [2.75, 3.05) is 22.8 Å². The summed E-state index contributed by atoms with van der Waals surface area (Å²) in [6.45, 7) is 4.03. The third-order valence-electron chi connectivity index (χ3n) is 4.59. The Morgan fingerprint density at radius 2 is 1.91 bits per heavy atom. The lowest BCUT2D eigenvalue weighted by molar-refractivity contribution is -0.657. The molecule has 2 aromatic rings. The molecule has 0 N–H and O–H groups in total. The summed E-state index contributed by atoms with van der Waals surface area (Å²) in [7, 11) is 2.07. The molecule has 0 bridgehead atoms. The number of para-hydroxylation sites is 1. The van der Waals surface area contributed by atoms with Crippen LogP contribution in [-0.4, -0.2) is 20.3 Å². The van der Waals surface area contributed by atoms with Crippen LogP contribution < -0.4 is 14.2 Å². The Bertz CT molecular complexity index is 706. The molecule has 2 aliphatic rings. The molecule has 0 unspecified atom stereocenters. The van der Waals surface area contributed by atoms with E-state index in [-0.39, 0.29) is 7.19 Å². The second-order valence-electron chi connectivity index (χ2n) is 6.08. The number of hydrogen-bond donors (Lipinski definition) is 0. The highest BCUT2D eigenvalue weighted by Gasteiger charge is 2.53. The van der Waals surface area contributed by atoms with E-state index in [0.717, 1.165) is 19.6 Å². The lowest BCUT2D eigenvalue weighted by Gasteiger charge is -2.21. The summed E-state index contributed by atoms with van der Waals surface area (Å²) in [6, 6.07) is 12.9. The zero-order valence-corrected chi connectivity index (χ0v) is 13.2. The maximum absolute atomic E-state index is 6.22. The summed E-state index contributed by atoms with van der Waals surface area (Å²) in [5.41, 5.74) is 3.76. The summed E-state index contributed by atoms with van der Waals surface area (Å²) in [6.07, 6.45) is 4.41. The van der Waals surface area contributed by atoms with Crippen molar-refractivity contribution >= 4 is 24.4 Å². The van der Waals surface area contributed by atoms with Gasteiger partial charge in [0.15, 0.2) is 0 Å². The van der Waals surface area contributed by atoms with Crippen LogP contribution in [0.5, 0.6) is 0 Å². The molecule has 0 aliphatic carbocycles. The fourth-order valence-electron chi connectivity index (χ4n) is 3.50. The monoisotopic (exact) mass is 294 g/mol. The molecule has 22 heavy (non-hydrogen) atoms. The second kappa shape index (κ2) is 5.32. The van der Waals surface area contributed by atoms with E-state index in [1.165, 1.54) is 29.2 Å². The summed E-state index contributed by atoms with van der Waals surface area (Å²) in [5, 5.41) is 0. The van der Waals surface area contributed by atoms with Gasteiger partial charge < -0.3 is 9.47 Å². The largest absolute Gasteiger partial charge is 0.680 e. The summed E-state index contributed by atoms with van der Waals surface area (Å²) < 4.78 is 8.42. The first-order chi connectivity index (χ1) is 10.8. The molecule has 3 heterocycles. The normalized spacial score (nSPS) is 17.3. The maximum atomic E-state index is 6.22. The molecular weight excluding hydrogens is 273 g/mol. The Morgan fingerprint density at radius 1 is 1.09 bits per heavy atom. The van der Waals surface area contributed by atoms with Crippen molar-refractivity contribution in [3.8, 4) is 0 Å². The quantitative estimate of drug-likeness (QED) is 0.595. The molecule has 112 valence electrons. The fourth-order valence-corrected chi connectivity index (χ4v) is 3.50. The Kier molecular flexibility index (Phi) is 3.30. The Hall–Kier alpha value is -2.01. The minimum Gasteiger partial charge on any atom is -0.376 e. The van der Waals surface area contributed by atoms with Gasteiger partial charge >= 0.3 is 7.19 Å². The molecule has 1 fully saturated rings. The number of aryl methyl sites for hydroxylation is 2. The van der Waals surface area contributed by atoms with Gasteiger partial charge in [-0.2, -0.15) is 0 Å². The number of pyridine rings is 1. The molecule has 1 aromatic carbocycles. The molecule has 0 amide bonds. The van der Waals surface area contributed by atoms with Crippen molar-refractivity contribution in [1.29, 1.82) is 0 Å². The van der Waals surface area contributed by atoms with Crippen LogP contribution in [-0.2, 0) is 11.7 Å². The van der Waals surface area contributed by atoms with Crippen LogP contribution in [0, 0.1) is 6.92 Å². The molecule has 1 aromatic heterocycles. The summed E-state index contributed by atoms with van der Waals surface area (Å²) in [4.78, 5) is 4.74. The van der Waals surface area contributed by atoms with Gasteiger partial charge in [-0.05, 0) is 43.5 Å². The number of rotatable bonds is 1. The number of benzene rings is 1. The average Bonchev–Trinajstić information content (AvgIpc) is 2.68. The third-order valence-corrected chi connectivity index (χ3v) is 4.59. The highest BCUT2D eigenvalue weighted by Crippen LogP contribution is 2.41. The van der Waals surface area contributed by atoms with E-state index >= 15 is 0 Å². The molecule has 0 spiro atoms. The van der Waals surface area contributed by atoms with Gasteiger partial charge in [0.25, 0.3) is 5.82 Å². The van der Waals surface area contributed by atoms with E-state index in [0.29, 0.717) is 0 Å². The highest BCUT2D eigenvalue weighted by atomic mass is 16.5. The number of anilines is 3. The number of hydrogen-bond acceptors (Lipinski definition) is 3. The third kappa shape index (κ3) is 2.00. The average molecular weight is 294 g/mol. The van der Waals surface area contributed by atoms with Crippen molar-refractivity contribution in [1.82, 2.24) is 0 Å². The fraction of sp³-hybridized carbons (Fsp3) is 0.353. The van der Waals surface area contributed by atoms with E-state index in [1.54, 1.807) is 0 Å². The van der Waals surface area contributed by atoms with Gasteiger partial charge in [0, 0.05) is 13.2 Å². The van der Waals surface area contributed by atoms with E-state index < -0.39 is 0 Å². The molecule has 0 radical (unpaired) electrons. The first kappa shape index (κ1) is 13.6. The van der Waals surface area contributed by atoms with Crippen LogP contribution in [0.3, 0.4) is 0 Å². The minimum atomic E-state index is -0.0350. The Balaban J connectivity index is 1.91. The number of aromatic nitrogens is 1. The number of nitrogens with zero attached hydrogens (tertiary/aromatic N) is 3. The van der Waals surface area contributed by atoms with Gasteiger partial charge in [-0.25, -0.2) is 9.38 Å². The topological polar surface area (TPSA) is 19.6 Å². The van der Waals surface area contributed by atoms with Crippen LogP contribution in [0.25, 0.3) is 0 Å². The van der Waals surface area contributed by atoms with Crippen LogP contribution in [0.4, 0.5) is 17.2 Å². The molecular formula is C17H21BN3O+. The molecule has 2 aliphatic heterocycles. The zero-order valence-electron chi connectivity index (χ0n) is 13.2. The molecule has 4 nitrogen and oxygen atoms in total. The number of fused-ring (bicyclic) bond motifs is 3. The van der Waals surface area contributed by atoms with Crippen molar-refractivity contribution in [2.45, 2.75) is 19.8 Å². The van der Waals surface area contributed by atoms with Crippen molar-refractivity contribution in [2.24, 2.45) is 7.05 Å². The minimum absolute atomic E-state index is 0.0350. The molecule has 0 saturated carbocycles. The lowest BCUT2D eigenvalue weighted by Crippen LogP contribution is -2.49. The first-order valence-corrected chi connectivity index (χ1v) is 7.99. The maximum Gasteiger partial charge on any atom is 0.680 e. The van der Waals surface area contributed by atoms with Gasteiger partial charge in [0.05, 0.1) is 13.2 Å². The van der Waals surface area contributed by atoms with E-state index in [4.69, 9.17) is 4.65 Å². The Labute approximate surface area is 132 Å². The van der Waals surface area contributed by atoms with Crippen LogP contribution in [0.15, 0.2) is 42.6 Å². The molecule has 5 heteroatoms. The predicted octanol–water partition coefficient (Wildman–Crippen LogP) is 2.57. The van der Waals surface area contributed by atoms with E-state index in [1.807, 2.05) is 0 Å². The van der Waals surface area contributed by atoms with Gasteiger partial charge in [0.2, 0.25) is 0 Å². The van der Waals surface area contributed by atoms with Crippen molar-refractivity contribution < 1.29 is 9.22 Å². The zero-order chi connectivity index (χ0) is 15.1. The van der Waals surface area contributed by atoms with Gasteiger partial charge in [-0.3, -0.25) is 0 Å². The lowest BCUT2D eigenvalue weighted by atomic mass is 9.94. The van der Waals surface area contributed by atoms with Crippen LogP contribution in [0.1, 0.15) is 18.4 Å².